The molecule has 7 heteroatoms. The number of hydrogen-bond donors (Lipinski definition) is 1. The van der Waals surface area contributed by atoms with E-state index in [1.165, 1.54) is 21.8 Å². The number of rotatable bonds is 6. The number of ether oxygens (including phenoxy) is 3. The predicted molar refractivity (Wildman–Crippen MR) is 113 cm³/mol. The van der Waals surface area contributed by atoms with Crippen molar-refractivity contribution in [2.75, 3.05) is 47.5 Å². The molecule has 2 heterocycles. The number of fused-ring (bicyclic) bond motifs is 1. The summed E-state index contributed by atoms with van der Waals surface area (Å²) in [7, 11) is 4.91. The summed E-state index contributed by atoms with van der Waals surface area (Å²) in [5.74, 6) is 2.23. The minimum Gasteiger partial charge on any atom is -0.493 e. The van der Waals surface area contributed by atoms with Gasteiger partial charge in [-0.3, -0.25) is 4.79 Å². The van der Waals surface area contributed by atoms with E-state index in [0.717, 1.165) is 61.8 Å². The van der Waals surface area contributed by atoms with Crippen LogP contribution in [0.1, 0.15) is 32.1 Å². The number of amides is 1. The van der Waals surface area contributed by atoms with Gasteiger partial charge in [-0.2, -0.15) is 0 Å². The number of thiophene rings is 1. The highest BCUT2D eigenvalue weighted by molar-refractivity contribution is 7.14. The van der Waals surface area contributed by atoms with Crippen molar-refractivity contribution in [3.8, 4) is 17.2 Å². The fourth-order valence-electron chi connectivity index (χ4n) is 4.36. The molecule has 4 rings (SSSR count). The molecule has 0 bridgehead atoms. The number of quaternary nitrogens is 1. The molecule has 1 fully saturated rings. The number of piperazine rings is 1. The van der Waals surface area contributed by atoms with Gasteiger partial charge in [0.05, 0.1) is 57.9 Å². The average Bonchev–Trinajstić information content (AvgIpc) is 3.35. The van der Waals surface area contributed by atoms with Crippen LogP contribution in [0.3, 0.4) is 0 Å². The van der Waals surface area contributed by atoms with Gasteiger partial charge in [-0.15, -0.1) is 11.3 Å². The van der Waals surface area contributed by atoms with Gasteiger partial charge in [-0.1, -0.05) is 0 Å². The van der Waals surface area contributed by atoms with E-state index in [-0.39, 0.29) is 5.91 Å². The van der Waals surface area contributed by atoms with E-state index < -0.39 is 0 Å². The van der Waals surface area contributed by atoms with Crippen LogP contribution in [0.15, 0.2) is 18.2 Å². The van der Waals surface area contributed by atoms with Gasteiger partial charge in [0, 0.05) is 4.88 Å². The predicted octanol–water partition coefficient (Wildman–Crippen LogP) is 1.80. The lowest BCUT2D eigenvalue weighted by Crippen LogP contribution is -3.13. The highest BCUT2D eigenvalue weighted by Gasteiger charge is 2.28. The Hall–Kier alpha value is -2.25. The zero-order valence-corrected chi connectivity index (χ0v) is 18.2. The van der Waals surface area contributed by atoms with E-state index in [4.69, 9.17) is 14.2 Å². The first kappa shape index (κ1) is 20.0. The molecule has 1 N–H and O–H groups in total. The van der Waals surface area contributed by atoms with Gasteiger partial charge in [0.1, 0.15) is 6.54 Å². The molecule has 1 amide bonds. The molecule has 1 aliphatic carbocycles. The van der Waals surface area contributed by atoms with Crippen LogP contribution in [0, 0.1) is 0 Å². The summed E-state index contributed by atoms with van der Waals surface area (Å²) in [5, 5.41) is 0. The number of methoxy groups -OCH3 is 3. The lowest BCUT2D eigenvalue weighted by molar-refractivity contribution is -0.917. The fourth-order valence-corrected chi connectivity index (χ4v) is 5.59. The Morgan fingerprint density at radius 1 is 1.07 bits per heavy atom. The van der Waals surface area contributed by atoms with Crippen molar-refractivity contribution < 1.29 is 23.9 Å². The normalized spacial score (nSPS) is 16.6. The second-order valence-corrected chi connectivity index (χ2v) is 8.76. The van der Waals surface area contributed by atoms with Crippen molar-refractivity contribution >= 4 is 17.2 Å². The lowest BCUT2D eigenvalue weighted by Gasteiger charge is -2.32. The Morgan fingerprint density at radius 3 is 2.48 bits per heavy atom. The molecule has 1 aromatic heterocycles. The summed E-state index contributed by atoms with van der Waals surface area (Å²) in [6, 6.07) is 6.09. The molecule has 0 atom stereocenters. The Bertz CT molecular complexity index is 866. The number of carbonyl (C=O) groups excluding carboxylic acids is 1. The van der Waals surface area contributed by atoms with Gasteiger partial charge in [0.2, 0.25) is 5.75 Å². The minimum absolute atomic E-state index is 0.201. The molecule has 0 unspecified atom stereocenters. The first-order chi connectivity index (χ1) is 14.1. The number of hydrogen-bond acceptors (Lipinski definition) is 5. The summed E-state index contributed by atoms with van der Waals surface area (Å²) >= 11 is 1.70. The first-order valence-electron chi connectivity index (χ1n) is 10.2. The lowest BCUT2D eigenvalue weighted by atomic mass is 10.1. The van der Waals surface area contributed by atoms with Gasteiger partial charge in [0.25, 0.3) is 5.91 Å². The maximum atomic E-state index is 12.9. The molecule has 156 valence electrons. The Labute approximate surface area is 176 Å². The molecule has 1 aliphatic heterocycles. The zero-order chi connectivity index (χ0) is 20.4. The van der Waals surface area contributed by atoms with Gasteiger partial charge >= 0.3 is 0 Å². The minimum atomic E-state index is 0.201. The fraction of sp³-hybridized carbons (Fsp3) is 0.500. The maximum Gasteiger partial charge on any atom is 0.264 e. The molecular formula is C22H29N2O4S+. The second kappa shape index (κ2) is 8.63. The monoisotopic (exact) mass is 417 g/mol. The SMILES string of the molecule is COc1ccc(C[NH+]2CCN(C(=O)c3cc4c(s3)CCC4)CC2)c(OC)c1OC. The molecule has 29 heavy (non-hydrogen) atoms. The van der Waals surface area contributed by atoms with E-state index >= 15 is 0 Å². The molecule has 0 saturated carbocycles. The van der Waals surface area contributed by atoms with Gasteiger partial charge in [0.15, 0.2) is 11.5 Å². The van der Waals surface area contributed by atoms with Crippen LogP contribution in [0.4, 0.5) is 0 Å². The molecule has 1 aromatic carbocycles. The van der Waals surface area contributed by atoms with E-state index in [1.54, 1.807) is 32.7 Å². The summed E-state index contributed by atoms with van der Waals surface area (Å²) in [4.78, 5) is 18.7. The summed E-state index contributed by atoms with van der Waals surface area (Å²) < 4.78 is 16.5. The van der Waals surface area contributed by atoms with Crippen molar-refractivity contribution in [1.82, 2.24) is 4.90 Å². The van der Waals surface area contributed by atoms with Crippen LogP contribution in [-0.4, -0.2) is 58.3 Å². The molecule has 0 radical (unpaired) electrons. The Balaban J connectivity index is 1.39. The largest absolute Gasteiger partial charge is 0.493 e. The third-order valence-electron chi connectivity index (χ3n) is 5.94. The average molecular weight is 418 g/mol. The van der Waals surface area contributed by atoms with Crippen LogP contribution < -0.4 is 19.1 Å². The number of nitrogens with zero attached hydrogens (tertiary/aromatic N) is 1. The van der Waals surface area contributed by atoms with Crippen molar-refractivity contribution in [2.24, 2.45) is 0 Å². The highest BCUT2D eigenvalue weighted by atomic mass is 32.1. The molecule has 6 nitrogen and oxygen atoms in total. The smallest absolute Gasteiger partial charge is 0.264 e. The molecule has 0 spiro atoms. The van der Waals surface area contributed by atoms with Crippen molar-refractivity contribution in [3.05, 3.63) is 39.1 Å². The van der Waals surface area contributed by atoms with E-state index in [2.05, 4.69) is 6.07 Å². The quantitative estimate of drug-likeness (QED) is 0.779. The van der Waals surface area contributed by atoms with E-state index in [0.29, 0.717) is 11.5 Å². The standard InChI is InChI=1S/C22H28N2O4S/c1-26-17-8-7-16(20(27-2)21(17)28-3)14-23-9-11-24(12-10-23)22(25)19-13-15-5-4-6-18(15)29-19/h7-8,13H,4-6,9-12,14H2,1-3H3/p+1. The third kappa shape index (κ3) is 3.94. The number of aryl methyl sites for hydroxylation is 2. The number of benzene rings is 1. The summed E-state index contributed by atoms with van der Waals surface area (Å²) in [5.41, 5.74) is 2.48. The van der Waals surface area contributed by atoms with Crippen molar-refractivity contribution in [3.63, 3.8) is 0 Å². The third-order valence-corrected chi connectivity index (χ3v) is 7.17. The molecular weight excluding hydrogens is 388 g/mol. The topological polar surface area (TPSA) is 52.4 Å². The summed E-state index contributed by atoms with van der Waals surface area (Å²) in [6.45, 7) is 4.25. The van der Waals surface area contributed by atoms with Crippen LogP contribution in [0.25, 0.3) is 0 Å². The van der Waals surface area contributed by atoms with Crippen LogP contribution in [0.5, 0.6) is 17.2 Å². The van der Waals surface area contributed by atoms with E-state index in [1.807, 2.05) is 17.0 Å². The second-order valence-electron chi connectivity index (χ2n) is 7.63. The highest BCUT2D eigenvalue weighted by Crippen LogP contribution is 2.39. The van der Waals surface area contributed by atoms with Crippen molar-refractivity contribution in [2.45, 2.75) is 25.8 Å². The van der Waals surface area contributed by atoms with E-state index in [9.17, 15) is 4.79 Å². The molecule has 2 aromatic rings. The van der Waals surface area contributed by atoms with Crippen LogP contribution in [-0.2, 0) is 19.4 Å². The number of nitrogens with one attached hydrogen (secondary N) is 1. The van der Waals surface area contributed by atoms with Gasteiger partial charge < -0.3 is 24.0 Å². The molecule has 2 aliphatic rings. The van der Waals surface area contributed by atoms with Crippen molar-refractivity contribution in [1.29, 1.82) is 0 Å². The Morgan fingerprint density at radius 2 is 1.83 bits per heavy atom. The number of carbonyl (C=O) groups is 1. The van der Waals surface area contributed by atoms with Crippen LogP contribution >= 0.6 is 11.3 Å². The maximum absolute atomic E-state index is 12.9. The van der Waals surface area contributed by atoms with Gasteiger partial charge in [-0.05, 0) is 43.0 Å². The Kier molecular flexibility index (Phi) is 5.96. The van der Waals surface area contributed by atoms with Crippen LogP contribution in [0.2, 0.25) is 0 Å². The first-order valence-corrected chi connectivity index (χ1v) is 11.0. The molecule has 1 saturated heterocycles. The summed E-state index contributed by atoms with van der Waals surface area (Å²) in [6.07, 6.45) is 3.50. The van der Waals surface area contributed by atoms with Gasteiger partial charge in [-0.25, -0.2) is 0 Å². The zero-order valence-electron chi connectivity index (χ0n) is 17.4.